The van der Waals surface area contributed by atoms with Crippen LogP contribution in [0.15, 0.2) is 48.6 Å². The molecule has 7 rings (SSSR count). The largest absolute Gasteiger partial charge is 0.490 e. The van der Waals surface area contributed by atoms with Crippen molar-refractivity contribution in [1.82, 2.24) is 5.32 Å². The lowest BCUT2D eigenvalue weighted by Gasteiger charge is -2.48. The van der Waals surface area contributed by atoms with E-state index in [4.69, 9.17) is 4.74 Å². The van der Waals surface area contributed by atoms with Crippen LogP contribution < -0.4 is 10.1 Å². The number of rotatable bonds is 1. The van der Waals surface area contributed by atoms with Crippen molar-refractivity contribution in [3.05, 3.63) is 54.1 Å². The van der Waals surface area contributed by atoms with Gasteiger partial charge in [-0.15, -0.1) is 6.58 Å². The smallest absolute Gasteiger partial charge is 0.231 e. The number of allylic oxidation sites excluding steroid dienone is 3. The number of nitrogens with one attached hydrogen (secondary N) is 1. The number of fused-ring (bicyclic) bond motifs is 4. The highest BCUT2D eigenvalue weighted by Gasteiger charge is 2.67. The molecule has 3 heterocycles. The highest BCUT2D eigenvalue weighted by atomic mass is 16.5. The van der Waals surface area contributed by atoms with Crippen molar-refractivity contribution in [2.45, 2.75) is 71.9 Å². The zero-order valence-electron chi connectivity index (χ0n) is 22.4. The van der Waals surface area contributed by atoms with Gasteiger partial charge in [0, 0.05) is 29.2 Å². The number of carbonyl (C=O) groups is 2. The number of amides is 1. The van der Waals surface area contributed by atoms with Crippen molar-refractivity contribution in [3.8, 4) is 5.75 Å². The summed E-state index contributed by atoms with van der Waals surface area (Å²) in [5, 5.41) is 3.21. The van der Waals surface area contributed by atoms with E-state index in [2.05, 4.69) is 76.9 Å². The highest BCUT2D eigenvalue weighted by Crippen LogP contribution is 2.67. The molecule has 192 valence electrons. The van der Waals surface area contributed by atoms with Gasteiger partial charge >= 0.3 is 0 Å². The van der Waals surface area contributed by atoms with Crippen molar-refractivity contribution in [3.63, 3.8) is 0 Å². The van der Waals surface area contributed by atoms with E-state index in [1.807, 2.05) is 6.08 Å². The van der Waals surface area contributed by atoms with Gasteiger partial charge in [0.2, 0.25) is 5.91 Å². The van der Waals surface area contributed by atoms with Crippen molar-refractivity contribution in [2.75, 3.05) is 0 Å². The Labute approximate surface area is 215 Å². The van der Waals surface area contributed by atoms with Crippen LogP contribution in [0.3, 0.4) is 0 Å². The van der Waals surface area contributed by atoms with Crippen molar-refractivity contribution >= 4 is 11.7 Å². The van der Waals surface area contributed by atoms with Crippen LogP contribution in [0.4, 0.5) is 0 Å². The van der Waals surface area contributed by atoms with Gasteiger partial charge in [0.05, 0.1) is 5.92 Å². The molecule has 1 amide bonds. The average molecular weight is 488 g/mol. The Morgan fingerprint density at radius 1 is 1.11 bits per heavy atom. The third-order valence-corrected chi connectivity index (χ3v) is 10.7. The predicted molar refractivity (Wildman–Crippen MR) is 141 cm³/mol. The molecule has 3 fully saturated rings. The van der Waals surface area contributed by atoms with Crippen LogP contribution in [0.5, 0.6) is 5.75 Å². The van der Waals surface area contributed by atoms with Crippen LogP contribution in [0.25, 0.3) is 0 Å². The van der Waals surface area contributed by atoms with Crippen molar-refractivity contribution < 1.29 is 14.3 Å². The number of carbonyl (C=O) groups excluding carboxylic acids is 2. The van der Waals surface area contributed by atoms with E-state index >= 15 is 0 Å². The molecule has 4 nitrogen and oxygen atoms in total. The van der Waals surface area contributed by atoms with E-state index in [0.29, 0.717) is 30.6 Å². The molecule has 0 radical (unpaired) electrons. The molecular formula is C32H41NO3. The second-order valence-corrected chi connectivity index (χ2v) is 13.5. The summed E-state index contributed by atoms with van der Waals surface area (Å²) in [6.07, 6.45) is 7.76. The number of hydrogen-bond donors (Lipinski definition) is 1. The predicted octanol–water partition coefficient (Wildman–Crippen LogP) is 5.77. The summed E-state index contributed by atoms with van der Waals surface area (Å²) >= 11 is 0. The summed E-state index contributed by atoms with van der Waals surface area (Å²) < 4.78 is 6.99. The maximum atomic E-state index is 14.5. The lowest BCUT2D eigenvalue weighted by molar-refractivity contribution is -0.137. The van der Waals surface area contributed by atoms with Gasteiger partial charge in [0.1, 0.15) is 17.6 Å². The fourth-order valence-electron chi connectivity index (χ4n) is 9.90. The third kappa shape index (κ3) is 3.39. The molecule has 4 heteroatoms. The Kier molecular flexibility index (Phi) is 5.38. The molecule has 2 saturated carbocycles. The van der Waals surface area contributed by atoms with E-state index in [0.717, 1.165) is 17.7 Å². The minimum absolute atomic E-state index is 0.0355. The van der Waals surface area contributed by atoms with Gasteiger partial charge in [-0.05, 0) is 80.4 Å². The second-order valence-electron chi connectivity index (χ2n) is 13.5. The number of ketones is 1. The number of Topliss-reactive ketones (excluding diaryl/α,β-unsaturated/α-hetero) is 1. The molecular weight excluding hydrogens is 446 g/mol. The van der Waals surface area contributed by atoms with E-state index in [9.17, 15) is 9.59 Å². The topological polar surface area (TPSA) is 55.4 Å². The monoisotopic (exact) mass is 487 g/mol. The third-order valence-electron chi connectivity index (χ3n) is 10.7. The van der Waals surface area contributed by atoms with Gasteiger partial charge in [0.25, 0.3) is 0 Å². The van der Waals surface area contributed by atoms with Crippen LogP contribution in [0, 0.1) is 52.8 Å². The molecule has 3 aliphatic carbocycles. The Morgan fingerprint density at radius 2 is 1.83 bits per heavy atom. The normalized spacial score (nSPS) is 47.4. The van der Waals surface area contributed by atoms with Crippen LogP contribution in [-0.2, 0) is 16.0 Å². The summed E-state index contributed by atoms with van der Waals surface area (Å²) in [6, 6.07) is 8.46. The first-order valence-corrected chi connectivity index (χ1v) is 14.0. The summed E-state index contributed by atoms with van der Waals surface area (Å²) in [6.45, 7) is 15.7. The Balaban J connectivity index is 1.56. The molecule has 0 unspecified atom stereocenters. The molecule has 4 bridgehead atoms. The van der Waals surface area contributed by atoms with E-state index in [-0.39, 0.29) is 46.9 Å². The van der Waals surface area contributed by atoms with Crippen molar-refractivity contribution in [2.24, 2.45) is 52.8 Å². The van der Waals surface area contributed by atoms with E-state index in [1.165, 1.54) is 12.0 Å². The molecule has 1 aromatic carbocycles. The SMILES string of the molecule is C=C[C@@H]1C=C(C)[C@H]2[C@@H]3[C@H](Oc4ccc(cc4)C[C@@]4(C)C[C@H](C(=O)N4)C(=O)[C@@H]13)[C@@H]1[C@@H](C)C[C@@H](C)C[C@]12C. The lowest BCUT2D eigenvalue weighted by Crippen LogP contribution is -2.46. The van der Waals surface area contributed by atoms with Crippen LogP contribution >= 0.6 is 0 Å². The summed E-state index contributed by atoms with van der Waals surface area (Å²) in [7, 11) is 0. The quantitative estimate of drug-likeness (QED) is 0.404. The summed E-state index contributed by atoms with van der Waals surface area (Å²) in [4.78, 5) is 27.8. The average Bonchev–Trinajstić information content (AvgIpc) is 3.24. The van der Waals surface area contributed by atoms with Gasteiger partial charge < -0.3 is 10.1 Å². The second kappa shape index (κ2) is 8.07. The Morgan fingerprint density at radius 3 is 2.53 bits per heavy atom. The van der Waals surface area contributed by atoms with Crippen LogP contribution in [0.1, 0.15) is 59.4 Å². The molecule has 11 atom stereocenters. The molecule has 0 aromatic heterocycles. The lowest BCUT2D eigenvalue weighted by atomic mass is 9.55. The van der Waals surface area contributed by atoms with Gasteiger partial charge in [-0.1, -0.05) is 50.6 Å². The maximum absolute atomic E-state index is 14.5. The first-order chi connectivity index (χ1) is 17.0. The highest BCUT2D eigenvalue weighted by molar-refractivity contribution is 6.04. The van der Waals surface area contributed by atoms with Crippen molar-refractivity contribution in [1.29, 1.82) is 0 Å². The number of hydrogen-bond acceptors (Lipinski definition) is 3. The van der Waals surface area contributed by atoms with Gasteiger partial charge in [-0.2, -0.15) is 0 Å². The molecule has 0 spiro atoms. The molecule has 36 heavy (non-hydrogen) atoms. The van der Waals surface area contributed by atoms with Gasteiger partial charge in [-0.25, -0.2) is 0 Å². The standard InChI is InChI=1S/C32H41NO3/c1-7-21-13-19(4)26-25-24(21)28(34)23-16-31(5,33-30(23)35)15-20-8-10-22(11-9-20)36-29(25)27-18(3)12-17(2)14-32(26,27)6/h7-11,13,17-18,21,23-27,29H,1,12,14-16H2,2-6H3,(H,33,35)/t17-,18+,21-,23+,24+,25-,26+,27+,29+,31+,32+/m1/s1. The fraction of sp³-hybridized carbons (Fsp3) is 0.625. The number of benzene rings is 1. The van der Waals surface area contributed by atoms with E-state index in [1.54, 1.807) is 0 Å². The Hall–Kier alpha value is -2.36. The molecule has 1 saturated heterocycles. The minimum atomic E-state index is -0.610. The fourth-order valence-corrected chi connectivity index (χ4v) is 9.90. The first-order valence-electron chi connectivity index (χ1n) is 14.0. The minimum Gasteiger partial charge on any atom is -0.490 e. The van der Waals surface area contributed by atoms with Gasteiger partial charge in [0.15, 0.2) is 0 Å². The molecule has 3 aliphatic heterocycles. The Bertz CT molecular complexity index is 1140. The van der Waals surface area contributed by atoms with Crippen LogP contribution in [-0.4, -0.2) is 23.3 Å². The van der Waals surface area contributed by atoms with E-state index < -0.39 is 11.5 Å². The first kappa shape index (κ1) is 24.0. The summed E-state index contributed by atoms with van der Waals surface area (Å²) in [5.74, 6) is 1.72. The van der Waals surface area contributed by atoms with Gasteiger partial charge in [-0.3, -0.25) is 9.59 Å². The molecule has 6 aliphatic rings. The zero-order chi connectivity index (χ0) is 25.6. The van der Waals surface area contributed by atoms with Crippen LogP contribution in [0.2, 0.25) is 0 Å². The summed E-state index contributed by atoms with van der Waals surface area (Å²) in [5.41, 5.74) is 2.16. The molecule has 1 aromatic rings. The number of ether oxygens (including phenoxy) is 1. The zero-order valence-corrected chi connectivity index (χ0v) is 22.4. The molecule has 1 N–H and O–H groups in total. The maximum Gasteiger partial charge on any atom is 0.231 e.